The number of aryl methyl sites for hydroxylation is 2. The number of aromatic nitrogens is 2. The molecule has 1 rings (SSSR count). The van der Waals surface area contributed by atoms with Gasteiger partial charge < -0.3 is 4.74 Å². The molecule has 0 saturated carbocycles. The number of rotatable bonds is 2. The summed E-state index contributed by atoms with van der Waals surface area (Å²) in [6.07, 6.45) is 0. The molecule has 0 aliphatic carbocycles. The van der Waals surface area contributed by atoms with Crippen molar-refractivity contribution < 1.29 is 13.5 Å². The smallest absolute Gasteiger partial charge is 0.388 e. The van der Waals surface area contributed by atoms with Gasteiger partial charge in [0.15, 0.2) is 0 Å². The number of nitrogens with zero attached hydrogens (tertiary/aromatic N) is 2. The van der Waals surface area contributed by atoms with Crippen LogP contribution in [0.1, 0.15) is 5.69 Å². The van der Waals surface area contributed by atoms with Gasteiger partial charge in [0.2, 0.25) is 5.88 Å². The molecule has 1 aromatic rings. The number of ether oxygens (including phenoxy) is 1. The lowest BCUT2D eigenvalue weighted by Gasteiger charge is -2.03. The van der Waals surface area contributed by atoms with Gasteiger partial charge in [-0.15, -0.1) is 0 Å². The molecule has 0 amide bonds. The molecule has 0 bridgehead atoms. The third-order valence-corrected chi connectivity index (χ3v) is 1.74. The summed E-state index contributed by atoms with van der Waals surface area (Å²) in [6.45, 7) is -1.27. The minimum atomic E-state index is -2.88. The van der Waals surface area contributed by atoms with E-state index in [0.717, 1.165) is 0 Å². The van der Waals surface area contributed by atoms with Crippen LogP contribution >= 0.6 is 11.6 Å². The Morgan fingerprint density at radius 1 is 1.58 bits per heavy atom. The van der Waals surface area contributed by atoms with Gasteiger partial charge in [0.1, 0.15) is 5.02 Å². The third kappa shape index (κ3) is 1.66. The van der Waals surface area contributed by atoms with E-state index in [2.05, 4.69) is 9.84 Å². The summed E-state index contributed by atoms with van der Waals surface area (Å²) in [5.74, 6) is -0.107. The lowest BCUT2D eigenvalue weighted by Crippen LogP contribution is -2.06. The molecule has 1 aromatic heterocycles. The van der Waals surface area contributed by atoms with Gasteiger partial charge in [-0.25, -0.2) is 4.68 Å². The van der Waals surface area contributed by atoms with E-state index in [1.807, 2.05) is 0 Å². The minimum Gasteiger partial charge on any atom is -0.416 e. The van der Waals surface area contributed by atoms with Gasteiger partial charge >= 0.3 is 6.61 Å². The van der Waals surface area contributed by atoms with Crippen LogP contribution < -0.4 is 4.74 Å². The van der Waals surface area contributed by atoms with Crippen LogP contribution in [0.5, 0.6) is 5.88 Å². The minimum absolute atomic E-state index is 0.107. The van der Waals surface area contributed by atoms with E-state index in [0.29, 0.717) is 5.69 Å². The van der Waals surface area contributed by atoms with Crippen LogP contribution in [0.2, 0.25) is 5.02 Å². The molecule has 6 heteroatoms. The van der Waals surface area contributed by atoms with Crippen molar-refractivity contribution in [1.29, 1.82) is 0 Å². The summed E-state index contributed by atoms with van der Waals surface area (Å²) < 4.78 is 28.8. The van der Waals surface area contributed by atoms with Crippen molar-refractivity contribution in [2.45, 2.75) is 13.5 Å². The van der Waals surface area contributed by atoms with E-state index in [4.69, 9.17) is 11.6 Å². The first kappa shape index (κ1) is 9.25. The van der Waals surface area contributed by atoms with Crippen LogP contribution in [0.4, 0.5) is 8.78 Å². The molecule has 0 fully saturated rings. The number of halogens is 3. The Bertz CT molecular complexity index is 287. The van der Waals surface area contributed by atoms with Gasteiger partial charge in [-0.2, -0.15) is 13.9 Å². The second-order valence-electron chi connectivity index (χ2n) is 2.21. The monoisotopic (exact) mass is 196 g/mol. The Balaban J connectivity index is 2.97. The summed E-state index contributed by atoms with van der Waals surface area (Å²) in [6, 6.07) is 0. The van der Waals surface area contributed by atoms with Gasteiger partial charge in [-0.05, 0) is 6.92 Å². The molecular formula is C6H7ClF2N2O. The summed E-state index contributed by atoms with van der Waals surface area (Å²) in [5, 5.41) is 3.91. The van der Waals surface area contributed by atoms with Crippen molar-refractivity contribution in [1.82, 2.24) is 9.78 Å². The van der Waals surface area contributed by atoms with Crippen molar-refractivity contribution in [2.24, 2.45) is 7.05 Å². The summed E-state index contributed by atoms with van der Waals surface area (Å²) in [7, 11) is 1.48. The molecule has 0 aliphatic heterocycles. The fourth-order valence-electron chi connectivity index (χ4n) is 0.824. The van der Waals surface area contributed by atoms with Gasteiger partial charge in [0.05, 0.1) is 5.69 Å². The first-order valence-electron chi connectivity index (χ1n) is 3.16. The Labute approximate surface area is 72.9 Å². The van der Waals surface area contributed by atoms with Gasteiger partial charge in [-0.3, -0.25) is 0 Å². The van der Waals surface area contributed by atoms with E-state index in [1.165, 1.54) is 11.7 Å². The van der Waals surface area contributed by atoms with Crippen molar-refractivity contribution in [3.63, 3.8) is 0 Å². The standard InChI is InChI=1S/C6H7ClF2N2O/c1-3-4(7)5(11(2)10-3)12-6(8)9/h6H,1-2H3. The normalized spacial score (nSPS) is 10.8. The largest absolute Gasteiger partial charge is 0.416 e. The Kier molecular flexibility index (Phi) is 2.52. The fraction of sp³-hybridized carbons (Fsp3) is 0.500. The maximum atomic E-state index is 11.8. The van der Waals surface area contributed by atoms with Crippen molar-refractivity contribution >= 4 is 11.6 Å². The first-order valence-corrected chi connectivity index (χ1v) is 3.54. The topological polar surface area (TPSA) is 27.1 Å². The van der Waals surface area contributed by atoms with Crippen LogP contribution in [-0.2, 0) is 7.05 Å². The average molecular weight is 197 g/mol. The zero-order chi connectivity index (χ0) is 9.30. The summed E-state index contributed by atoms with van der Waals surface area (Å²) >= 11 is 5.62. The maximum absolute atomic E-state index is 11.8. The van der Waals surface area contributed by atoms with Gasteiger partial charge in [0, 0.05) is 7.05 Å². The second-order valence-corrected chi connectivity index (χ2v) is 2.58. The van der Waals surface area contributed by atoms with Crippen LogP contribution in [0, 0.1) is 6.92 Å². The van der Waals surface area contributed by atoms with E-state index < -0.39 is 6.61 Å². The zero-order valence-corrected chi connectivity index (χ0v) is 7.27. The van der Waals surface area contributed by atoms with Gasteiger partial charge in [-0.1, -0.05) is 11.6 Å². The van der Waals surface area contributed by atoms with E-state index in [9.17, 15) is 8.78 Å². The van der Waals surface area contributed by atoms with Crippen LogP contribution in [0.3, 0.4) is 0 Å². The Morgan fingerprint density at radius 3 is 2.50 bits per heavy atom. The van der Waals surface area contributed by atoms with Crippen molar-refractivity contribution in [3.05, 3.63) is 10.7 Å². The molecule has 1 heterocycles. The highest BCUT2D eigenvalue weighted by Gasteiger charge is 2.15. The third-order valence-electron chi connectivity index (χ3n) is 1.30. The lowest BCUT2D eigenvalue weighted by molar-refractivity contribution is -0.0552. The number of hydrogen-bond donors (Lipinski definition) is 0. The highest BCUT2D eigenvalue weighted by molar-refractivity contribution is 6.32. The quantitative estimate of drug-likeness (QED) is 0.723. The molecule has 0 spiro atoms. The number of alkyl halides is 2. The molecule has 68 valence electrons. The lowest BCUT2D eigenvalue weighted by atomic mass is 10.5. The van der Waals surface area contributed by atoms with Crippen LogP contribution in [0.15, 0.2) is 0 Å². The molecule has 0 saturated heterocycles. The van der Waals surface area contributed by atoms with E-state index >= 15 is 0 Å². The highest BCUT2D eigenvalue weighted by Crippen LogP contribution is 2.27. The zero-order valence-electron chi connectivity index (χ0n) is 6.51. The molecule has 12 heavy (non-hydrogen) atoms. The highest BCUT2D eigenvalue weighted by atomic mass is 35.5. The van der Waals surface area contributed by atoms with Crippen molar-refractivity contribution in [2.75, 3.05) is 0 Å². The van der Waals surface area contributed by atoms with Gasteiger partial charge in [0.25, 0.3) is 0 Å². The Hall–Kier alpha value is -0.840. The molecule has 0 atom stereocenters. The molecule has 0 N–H and O–H groups in total. The molecular weight excluding hydrogens is 190 g/mol. The van der Waals surface area contributed by atoms with E-state index in [1.54, 1.807) is 6.92 Å². The molecule has 0 aliphatic rings. The summed E-state index contributed by atoms with van der Waals surface area (Å²) in [4.78, 5) is 0. The van der Waals surface area contributed by atoms with Crippen LogP contribution in [0.25, 0.3) is 0 Å². The number of hydrogen-bond acceptors (Lipinski definition) is 2. The molecule has 0 unspecified atom stereocenters. The Morgan fingerprint density at radius 2 is 2.17 bits per heavy atom. The summed E-state index contributed by atoms with van der Waals surface area (Å²) in [5.41, 5.74) is 0.467. The van der Waals surface area contributed by atoms with E-state index in [-0.39, 0.29) is 10.9 Å². The van der Waals surface area contributed by atoms with Crippen molar-refractivity contribution in [3.8, 4) is 5.88 Å². The fourth-order valence-corrected chi connectivity index (χ4v) is 1.03. The second kappa shape index (κ2) is 3.26. The first-order chi connectivity index (χ1) is 5.52. The SMILES string of the molecule is Cc1nn(C)c(OC(F)F)c1Cl. The molecule has 3 nitrogen and oxygen atoms in total. The predicted octanol–water partition coefficient (Wildman–Crippen LogP) is 1.98. The predicted molar refractivity (Wildman–Crippen MR) is 39.6 cm³/mol. The maximum Gasteiger partial charge on any atom is 0.388 e. The molecule has 0 aromatic carbocycles. The average Bonchev–Trinajstić information content (AvgIpc) is 2.16. The molecule has 0 radical (unpaired) electrons. The van der Waals surface area contributed by atoms with Crippen LogP contribution in [-0.4, -0.2) is 16.4 Å².